The number of halogens is 1. The first-order valence-electron chi connectivity index (χ1n) is 9.57. The third kappa shape index (κ3) is 4.27. The van der Waals surface area contributed by atoms with Crippen molar-refractivity contribution in [3.05, 3.63) is 72.2 Å². The van der Waals surface area contributed by atoms with Crippen molar-refractivity contribution in [1.82, 2.24) is 19.9 Å². The molecule has 9 nitrogen and oxygen atoms in total. The van der Waals surface area contributed by atoms with E-state index in [0.29, 0.717) is 5.69 Å². The predicted molar refractivity (Wildman–Crippen MR) is 112 cm³/mol. The molecule has 2 amide bonds. The SMILES string of the molecule is Cc1nccn1-c1ccc(CNC(=O)C2=NN(c3ccc(F)cc3)C(C(N)=O)C2)cn1. The van der Waals surface area contributed by atoms with E-state index in [9.17, 15) is 14.0 Å². The summed E-state index contributed by atoms with van der Waals surface area (Å²) >= 11 is 0. The van der Waals surface area contributed by atoms with Gasteiger partial charge in [0.2, 0.25) is 5.91 Å². The van der Waals surface area contributed by atoms with Gasteiger partial charge < -0.3 is 11.1 Å². The molecule has 0 bridgehead atoms. The highest BCUT2D eigenvalue weighted by Gasteiger charge is 2.34. The number of carbonyl (C=O) groups is 2. The van der Waals surface area contributed by atoms with Crippen molar-refractivity contribution in [3.63, 3.8) is 0 Å². The second-order valence-electron chi connectivity index (χ2n) is 7.04. The number of amides is 2. The van der Waals surface area contributed by atoms with Crippen LogP contribution in [0.25, 0.3) is 5.82 Å². The van der Waals surface area contributed by atoms with E-state index in [2.05, 4.69) is 20.4 Å². The predicted octanol–water partition coefficient (Wildman–Crippen LogP) is 1.45. The third-order valence-electron chi connectivity index (χ3n) is 4.93. The number of carbonyl (C=O) groups excluding carboxylic acids is 2. The lowest BCUT2D eigenvalue weighted by Crippen LogP contribution is -2.39. The third-order valence-corrected chi connectivity index (χ3v) is 4.93. The minimum absolute atomic E-state index is 0.0651. The monoisotopic (exact) mass is 421 g/mol. The Labute approximate surface area is 177 Å². The van der Waals surface area contributed by atoms with E-state index in [1.807, 2.05) is 29.8 Å². The topological polar surface area (TPSA) is 119 Å². The minimum Gasteiger partial charge on any atom is -0.368 e. The van der Waals surface area contributed by atoms with Crippen molar-refractivity contribution in [2.75, 3.05) is 5.01 Å². The maximum absolute atomic E-state index is 13.2. The molecule has 0 aliphatic carbocycles. The van der Waals surface area contributed by atoms with Crippen molar-refractivity contribution >= 4 is 23.2 Å². The Hall–Kier alpha value is -4.08. The highest BCUT2D eigenvalue weighted by atomic mass is 19.1. The van der Waals surface area contributed by atoms with Crippen LogP contribution in [0.15, 0.2) is 60.1 Å². The van der Waals surface area contributed by atoms with Crippen LogP contribution in [0.5, 0.6) is 0 Å². The van der Waals surface area contributed by atoms with Crippen LogP contribution in [-0.4, -0.2) is 38.1 Å². The highest BCUT2D eigenvalue weighted by Crippen LogP contribution is 2.25. The zero-order valence-electron chi connectivity index (χ0n) is 16.7. The molecule has 10 heteroatoms. The minimum atomic E-state index is -0.814. The highest BCUT2D eigenvalue weighted by molar-refractivity contribution is 6.40. The zero-order chi connectivity index (χ0) is 22.0. The fraction of sp³-hybridized carbons (Fsp3) is 0.190. The van der Waals surface area contributed by atoms with Crippen molar-refractivity contribution in [1.29, 1.82) is 0 Å². The molecule has 31 heavy (non-hydrogen) atoms. The van der Waals surface area contributed by atoms with E-state index in [1.165, 1.54) is 29.3 Å². The van der Waals surface area contributed by atoms with E-state index in [-0.39, 0.29) is 18.7 Å². The summed E-state index contributed by atoms with van der Waals surface area (Å²) in [7, 11) is 0. The van der Waals surface area contributed by atoms with Crippen molar-refractivity contribution < 1.29 is 14.0 Å². The molecule has 0 spiro atoms. The summed E-state index contributed by atoms with van der Waals surface area (Å²) < 4.78 is 15.1. The first-order valence-corrected chi connectivity index (χ1v) is 9.57. The number of primary amides is 1. The Balaban J connectivity index is 1.43. The number of imidazole rings is 1. The van der Waals surface area contributed by atoms with Crippen LogP contribution in [0.2, 0.25) is 0 Å². The molecule has 1 atom stereocenters. The Morgan fingerprint density at radius 2 is 1.97 bits per heavy atom. The number of aromatic nitrogens is 3. The molecule has 0 fully saturated rings. The molecule has 3 N–H and O–H groups in total. The molecule has 1 unspecified atom stereocenters. The number of nitrogens with two attached hydrogens (primary N) is 1. The van der Waals surface area contributed by atoms with Crippen LogP contribution in [0.4, 0.5) is 10.1 Å². The molecule has 0 saturated carbocycles. The molecule has 158 valence electrons. The largest absolute Gasteiger partial charge is 0.368 e. The van der Waals surface area contributed by atoms with Crippen LogP contribution in [0.1, 0.15) is 17.8 Å². The van der Waals surface area contributed by atoms with Crippen LogP contribution in [0, 0.1) is 12.7 Å². The van der Waals surface area contributed by atoms with Gasteiger partial charge in [0, 0.05) is 31.6 Å². The number of hydrogen-bond acceptors (Lipinski definition) is 6. The number of anilines is 1. The quantitative estimate of drug-likeness (QED) is 0.625. The van der Waals surface area contributed by atoms with Gasteiger partial charge in [0.1, 0.15) is 29.2 Å². The Bertz CT molecular complexity index is 1140. The van der Waals surface area contributed by atoms with E-state index >= 15 is 0 Å². The normalized spacial score (nSPS) is 15.6. The summed E-state index contributed by atoms with van der Waals surface area (Å²) in [4.78, 5) is 33.0. The number of rotatable bonds is 6. The number of aryl methyl sites for hydroxylation is 1. The number of pyridine rings is 1. The first-order chi connectivity index (χ1) is 14.9. The summed E-state index contributed by atoms with van der Waals surface area (Å²) in [5.41, 5.74) is 6.92. The molecule has 1 aliphatic heterocycles. The molecule has 1 aliphatic rings. The van der Waals surface area contributed by atoms with E-state index in [0.717, 1.165) is 17.2 Å². The van der Waals surface area contributed by atoms with Gasteiger partial charge in [0.25, 0.3) is 5.91 Å². The number of nitrogens with zero attached hydrogens (tertiary/aromatic N) is 5. The molecule has 0 radical (unpaired) electrons. The van der Waals surface area contributed by atoms with E-state index in [1.54, 1.807) is 12.4 Å². The van der Waals surface area contributed by atoms with Gasteiger partial charge in [-0.2, -0.15) is 5.10 Å². The number of benzene rings is 1. The maximum atomic E-state index is 13.2. The van der Waals surface area contributed by atoms with Gasteiger partial charge in [-0.05, 0) is 42.8 Å². The Kier molecular flexibility index (Phi) is 5.44. The van der Waals surface area contributed by atoms with Crippen LogP contribution < -0.4 is 16.1 Å². The Morgan fingerprint density at radius 1 is 1.19 bits per heavy atom. The van der Waals surface area contributed by atoms with Crippen molar-refractivity contribution in [2.24, 2.45) is 10.8 Å². The molecule has 3 aromatic rings. The van der Waals surface area contributed by atoms with Crippen molar-refractivity contribution in [2.45, 2.75) is 25.9 Å². The molecular formula is C21H20FN7O2. The van der Waals surface area contributed by atoms with Crippen LogP contribution in [-0.2, 0) is 16.1 Å². The Morgan fingerprint density at radius 3 is 2.58 bits per heavy atom. The summed E-state index contributed by atoms with van der Waals surface area (Å²) in [5.74, 6) is 0.103. The van der Waals surface area contributed by atoms with Gasteiger partial charge in [-0.3, -0.25) is 19.2 Å². The standard InChI is InChI=1S/C21H20FN7O2/c1-13-24-8-9-28(13)19-7-2-14(11-25-19)12-26-21(31)17-10-18(20(23)30)29(27-17)16-5-3-15(22)4-6-16/h2-9,11,18H,10,12H2,1H3,(H2,23,30)(H,26,31). The second-order valence-corrected chi connectivity index (χ2v) is 7.04. The van der Waals surface area contributed by atoms with Gasteiger partial charge in [-0.15, -0.1) is 0 Å². The lowest BCUT2D eigenvalue weighted by Gasteiger charge is -2.20. The van der Waals surface area contributed by atoms with Gasteiger partial charge in [-0.25, -0.2) is 14.4 Å². The number of hydrogen-bond donors (Lipinski definition) is 2. The summed E-state index contributed by atoms with van der Waals surface area (Å²) in [6.45, 7) is 2.12. The van der Waals surface area contributed by atoms with Gasteiger partial charge in [0.15, 0.2) is 0 Å². The van der Waals surface area contributed by atoms with Gasteiger partial charge >= 0.3 is 0 Å². The molecule has 1 aromatic carbocycles. The fourth-order valence-electron chi connectivity index (χ4n) is 3.27. The average molecular weight is 421 g/mol. The first kappa shape index (κ1) is 20.2. The average Bonchev–Trinajstić information content (AvgIpc) is 3.40. The fourth-order valence-corrected chi connectivity index (χ4v) is 3.27. The lowest BCUT2D eigenvalue weighted by atomic mass is 10.1. The molecule has 0 saturated heterocycles. The van der Waals surface area contributed by atoms with Gasteiger partial charge in [0.05, 0.1) is 5.69 Å². The van der Waals surface area contributed by atoms with Gasteiger partial charge in [-0.1, -0.05) is 6.07 Å². The summed E-state index contributed by atoms with van der Waals surface area (Å²) in [6, 6.07) is 8.34. The molecule has 4 rings (SSSR count). The van der Waals surface area contributed by atoms with Crippen LogP contribution in [0.3, 0.4) is 0 Å². The zero-order valence-corrected chi connectivity index (χ0v) is 16.7. The number of hydrazone groups is 1. The molecular weight excluding hydrogens is 401 g/mol. The number of nitrogens with one attached hydrogen (secondary N) is 1. The van der Waals surface area contributed by atoms with E-state index in [4.69, 9.17) is 5.73 Å². The smallest absolute Gasteiger partial charge is 0.267 e. The lowest BCUT2D eigenvalue weighted by molar-refractivity contribution is -0.119. The molecule has 2 aromatic heterocycles. The maximum Gasteiger partial charge on any atom is 0.267 e. The van der Waals surface area contributed by atoms with E-state index < -0.39 is 23.7 Å². The van der Waals surface area contributed by atoms with Crippen molar-refractivity contribution in [3.8, 4) is 5.82 Å². The summed E-state index contributed by atoms with van der Waals surface area (Å²) in [5, 5.41) is 8.38. The summed E-state index contributed by atoms with van der Waals surface area (Å²) in [6.07, 6.45) is 5.25. The second kappa shape index (κ2) is 8.34. The van der Waals surface area contributed by atoms with Crippen LogP contribution >= 0.6 is 0 Å². The molecule has 3 heterocycles.